The van der Waals surface area contributed by atoms with Crippen molar-refractivity contribution >= 4 is 10.8 Å². The second-order valence-corrected chi connectivity index (χ2v) is 4.84. The van der Waals surface area contributed by atoms with Crippen LogP contribution < -0.4 is 5.73 Å². The monoisotopic (exact) mass is 214 g/mol. The van der Waals surface area contributed by atoms with Crippen LogP contribution in [0, 0.1) is 5.92 Å². The van der Waals surface area contributed by atoms with Gasteiger partial charge >= 0.3 is 0 Å². The zero-order valence-electron chi connectivity index (χ0n) is 10.1. The van der Waals surface area contributed by atoms with Gasteiger partial charge in [0.05, 0.1) is 0 Å². The quantitative estimate of drug-likeness (QED) is 0.834. The summed E-state index contributed by atoms with van der Waals surface area (Å²) in [5.74, 6) is 0.395. The number of rotatable bonds is 2. The Labute approximate surface area is 96.5 Å². The van der Waals surface area contributed by atoms with Gasteiger partial charge < -0.3 is 5.73 Å². The lowest BCUT2D eigenvalue weighted by atomic mass is 9.80. The highest BCUT2D eigenvalue weighted by Gasteiger charge is 2.26. The van der Waals surface area contributed by atoms with Crippen LogP contribution in [0.15, 0.2) is 36.7 Å². The summed E-state index contributed by atoms with van der Waals surface area (Å²) in [6.07, 6.45) is 3.71. The smallest absolute Gasteiger partial charge is 0.0410 e. The topological polar surface area (TPSA) is 38.9 Å². The number of fused-ring (bicyclic) bond motifs is 1. The molecule has 0 aliphatic carbocycles. The molecule has 2 rings (SSSR count). The SMILES string of the molecule is CC(C)C(C)(N)c1cccc2cnccc12. The van der Waals surface area contributed by atoms with Crippen molar-refractivity contribution in [2.45, 2.75) is 26.3 Å². The van der Waals surface area contributed by atoms with Crippen LogP contribution in [0.5, 0.6) is 0 Å². The van der Waals surface area contributed by atoms with Crippen LogP contribution in [-0.2, 0) is 5.54 Å². The minimum Gasteiger partial charge on any atom is -0.321 e. The van der Waals surface area contributed by atoms with Crippen molar-refractivity contribution in [1.29, 1.82) is 0 Å². The third kappa shape index (κ3) is 1.69. The molecule has 0 bridgehead atoms. The lowest BCUT2D eigenvalue weighted by Crippen LogP contribution is -2.38. The van der Waals surface area contributed by atoms with Gasteiger partial charge in [0.15, 0.2) is 0 Å². The minimum atomic E-state index is -0.305. The number of hydrogen-bond donors (Lipinski definition) is 1. The van der Waals surface area contributed by atoms with Crippen molar-refractivity contribution in [2.75, 3.05) is 0 Å². The first-order valence-corrected chi connectivity index (χ1v) is 5.65. The fourth-order valence-electron chi connectivity index (χ4n) is 1.90. The lowest BCUT2D eigenvalue weighted by molar-refractivity contribution is 0.353. The summed E-state index contributed by atoms with van der Waals surface area (Å²) in [5.41, 5.74) is 7.32. The number of hydrogen-bond acceptors (Lipinski definition) is 2. The van der Waals surface area contributed by atoms with Crippen molar-refractivity contribution in [1.82, 2.24) is 4.98 Å². The van der Waals surface area contributed by atoms with Gasteiger partial charge in [0.25, 0.3) is 0 Å². The first-order chi connectivity index (χ1) is 7.53. The molecule has 0 spiro atoms. The molecule has 2 heteroatoms. The standard InChI is InChI=1S/C14H18N2/c1-10(2)14(3,15)13-6-4-5-11-9-16-8-7-12(11)13/h4-10H,15H2,1-3H3. The summed E-state index contributed by atoms with van der Waals surface area (Å²) >= 11 is 0. The van der Waals surface area contributed by atoms with Crippen LogP contribution in [0.1, 0.15) is 26.3 Å². The number of benzene rings is 1. The highest BCUT2D eigenvalue weighted by molar-refractivity contribution is 5.85. The number of nitrogens with zero attached hydrogens (tertiary/aromatic N) is 1. The molecule has 0 saturated heterocycles. The van der Waals surface area contributed by atoms with E-state index in [1.54, 1.807) is 0 Å². The van der Waals surface area contributed by atoms with Gasteiger partial charge in [-0.1, -0.05) is 32.0 Å². The molecule has 0 saturated carbocycles. The first kappa shape index (κ1) is 11.1. The Morgan fingerprint density at radius 2 is 2.00 bits per heavy atom. The highest BCUT2D eigenvalue weighted by atomic mass is 14.7. The maximum Gasteiger partial charge on any atom is 0.0410 e. The Morgan fingerprint density at radius 3 is 2.69 bits per heavy atom. The van der Waals surface area contributed by atoms with Gasteiger partial charge in [0.2, 0.25) is 0 Å². The summed E-state index contributed by atoms with van der Waals surface area (Å²) in [6.45, 7) is 6.40. The Kier molecular flexibility index (Phi) is 2.68. The molecule has 0 amide bonds. The molecule has 2 N–H and O–H groups in total. The van der Waals surface area contributed by atoms with E-state index in [0.29, 0.717) is 5.92 Å². The maximum atomic E-state index is 6.43. The molecule has 2 aromatic rings. The predicted molar refractivity (Wildman–Crippen MR) is 68.1 cm³/mol. The van der Waals surface area contributed by atoms with Crippen molar-refractivity contribution in [3.8, 4) is 0 Å². The van der Waals surface area contributed by atoms with Crippen LogP contribution in [0.2, 0.25) is 0 Å². The number of pyridine rings is 1. The summed E-state index contributed by atoms with van der Waals surface area (Å²) in [5, 5.41) is 2.36. The average Bonchev–Trinajstić information content (AvgIpc) is 2.28. The van der Waals surface area contributed by atoms with E-state index >= 15 is 0 Å². The fraction of sp³-hybridized carbons (Fsp3) is 0.357. The number of nitrogens with two attached hydrogens (primary N) is 1. The van der Waals surface area contributed by atoms with E-state index in [2.05, 4.69) is 37.9 Å². The first-order valence-electron chi connectivity index (χ1n) is 5.65. The minimum absolute atomic E-state index is 0.305. The molecular weight excluding hydrogens is 196 g/mol. The van der Waals surface area contributed by atoms with E-state index in [-0.39, 0.29) is 5.54 Å². The average molecular weight is 214 g/mol. The third-order valence-electron chi connectivity index (χ3n) is 3.46. The molecule has 2 nitrogen and oxygen atoms in total. The van der Waals surface area contributed by atoms with Crippen LogP contribution in [0.25, 0.3) is 10.8 Å². The van der Waals surface area contributed by atoms with Gasteiger partial charge in [-0.15, -0.1) is 0 Å². The van der Waals surface area contributed by atoms with Gasteiger partial charge in [-0.05, 0) is 29.9 Å². The summed E-state index contributed by atoms with van der Waals surface area (Å²) < 4.78 is 0. The molecule has 0 aliphatic heterocycles. The third-order valence-corrected chi connectivity index (χ3v) is 3.46. The molecule has 84 valence electrons. The van der Waals surface area contributed by atoms with E-state index in [0.717, 1.165) is 5.39 Å². The van der Waals surface area contributed by atoms with Crippen LogP contribution in [-0.4, -0.2) is 4.98 Å². The predicted octanol–water partition coefficient (Wildman–Crippen LogP) is 3.06. The molecule has 0 radical (unpaired) electrons. The summed E-state index contributed by atoms with van der Waals surface area (Å²) in [4.78, 5) is 4.14. The van der Waals surface area contributed by atoms with Crippen LogP contribution in [0.3, 0.4) is 0 Å². The van der Waals surface area contributed by atoms with Crippen molar-refractivity contribution in [3.63, 3.8) is 0 Å². The molecule has 1 aromatic carbocycles. The lowest BCUT2D eigenvalue weighted by Gasteiger charge is -2.30. The largest absolute Gasteiger partial charge is 0.321 e. The zero-order valence-corrected chi connectivity index (χ0v) is 10.1. The van der Waals surface area contributed by atoms with Crippen LogP contribution in [0.4, 0.5) is 0 Å². The summed E-state index contributed by atoms with van der Waals surface area (Å²) in [6, 6.07) is 8.27. The van der Waals surface area contributed by atoms with Crippen molar-refractivity contribution in [3.05, 3.63) is 42.2 Å². The number of aromatic nitrogens is 1. The Bertz CT molecular complexity index is 496. The molecule has 1 unspecified atom stereocenters. The normalized spacial score (nSPS) is 15.3. The summed E-state index contributed by atoms with van der Waals surface area (Å²) in [7, 11) is 0. The van der Waals surface area contributed by atoms with Crippen molar-refractivity contribution < 1.29 is 0 Å². The van der Waals surface area contributed by atoms with E-state index in [9.17, 15) is 0 Å². The van der Waals surface area contributed by atoms with Gasteiger partial charge in [-0.2, -0.15) is 0 Å². The van der Waals surface area contributed by atoms with Gasteiger partial charge in [0.1, 0.15) is 0 Å². The van der Waals surface area contributed by atoms with Crippen molar-refractivity contribution in [2.24, 2.45) is 11.7 Å². The van der Waals surface area contributed by atoms with Gasteiger partial charge in [0, 0.05) is 23.3 Å². The zero-order chi connectivity index (χ0) is 11.8. The van der Waals surface area contributed by atoms with Crippen LogP contribution >= 0.6 is 0 Å². The molecule has 1 atom stereocenters. The molecular formula is C14H18N2. The van der Waals surface area contributed by atoms with E-state index in [4.69, 9.17) is 5.73 Å². The molecule has 0 aliphatic rings. The fourth-order valence-corrected chi connectivity index (χ4v) is 1.90. The molecule has 0 fully saturated rings. The van der Waals surface area contributed by atoms with Gasteiger partial charge in [-0.25, -0.2) is 0 Å². The van der Waals surface area contributed by atoms with E-state index in [1.165, 1.54) is 10.9 Å². The van der Waals surface area contributed by atoms with E-state index in [1.807, 2.05) is 24.5 Å². The molecule has 16 heavy (non-hydrogen) atoms. The molecule has 1 heterocycles. The Balaban J connectivity index is 2.70. The van der Waals surface area contributed by atoms with E-state index < -0.39 is 0 Å². The maximum absolute atomic E-state index is 6.43. The second-order valence-electron chi connectivity index (χ2n) is 4.84. The highest BCUT2D eigenvalue weighted by Crippen LogP contribution is 2.31. The van der Waals surface area contributed by atoms with Gasteiger partial charge in [-0.3, -0.25) is 4.98 Å². The Hall–Kier alpha value is -1.41. The Morgan fingerprint density at radius 1 is 1.25 bits per heavy atom. The second kappa shape index (κ2) is 3.87. The molecule has 1 aromatic heterocycles.